The molecule has 0 radical (unpaired) electrons. The van der Waals surface area contributed by atoms with Crippen LogP contribution in [0.1, 0.15) is 31.7 Å². The second kappa shape index (κ2) is 7.29. The summed E-state index contributed by atoms with van der Waals surface area (Å²) in [5.41, 5.74) is 7.67. The summed E-state index contributed by atoms with van der Waals surface area (Å²) < 4.78 is 0. The summed E-state index contributed by atoms with van der Waals surface area (Å²) in [6, 6.07) is 7.87. The maximum Gasteiger partial charge on any atom is 0.234 e. The van der Waals surface area contributed by atoms with Crippen LogP contribution in [-0.2, 0) is 11.3 Å². The molecular formula is C16H25N3O. The van der Waals surface area contributed by atoms with Gasteiger partial charge in [-0.25, -0.2) is 0 Å². The number of carbonyl (C=O) groups excluding carboxylic acids is 1. The molecule has 1 aliphatic rings. The summed E-state index contributed by atoms with van der Waals surface area (Å²) in [6.07, 6.45) is 3.58. The monoisotopic (exact) mass is 275 g/mol. The normalized spacial score (nSPS) is 14.5. The molecule has 1 aromatic carbocycles. The molecule has 1 aromatic rings. The minimum atomic E-state index is 0.140. The number of nitrogens with one attached hydrogen (secondary N) is 1. The molecule has 1 fully saturated rings. The zero-order chi connectivity index (χ0) is 14.4. The van der Waals surface area contributed by atoms with Gasteiger partial charge >= 0.3 is 0 Å². The molecule has 4 nitrogen and oxygen atoms in total. The molecule has 0 aliphatic heterocycles. The van der Waals surface area contributed by atoms with Crippen LogP contribution in [0, 0.1) is 5.92 Å². The fourth-order valence-electron chi connectivity index (χ4n) is 2.25. The van der Waals surface area contributed by atoms with Crippen molar-refractivity contribution in [2.24, 2.45) is 5.92 Å². The number of amides is 1. The van der Waals surface area contributed by atoms with Gasteiger partial charge in [0.1, 0.15) is 0 Å². The van der Waals surface area contributed by atoms with Gasteiger partial charge in [-0.3, -0.25) is 9.69 Å². The number of benzene rings is 1. The van der Waals surface area contributed by atoms with Crippen molar-refractivity contribution >= 4 is 11.6 Å². The Kier molecular flexibility index (Phi) is 5.41. The van der Waals surface area contributed by atoms with Crippen molar-refractivity contribution in [3.05, 3.63) is 29.8 Å². The van der Waals surface area contributed by atoms with Crippen LogP contribution in [0.5, 0.6) is 0 Å². The van der Waals surface area contributed by atoms with Crippen LogP contribution in [0.3, 0.4) is 0 Å². The van der Waals surface area contributed by atoms with E-state index in [4.69, 9.17) is 5.73 Å². The van der Waals surface area contributed by atoms with Crippen LogP contribution in [-0.4, -0.2) is 30.4 Å². The Morgan fingerprint density at radius 3 is 2.65 bits per heavy atom. The smallest absolute Gasteiger partial charge is 0.234 e. The molecule has 0 spiro atoms. The van der Waals surface area contributed by atoms with E-state index in [1.54, 1.807) is 0 Å². The number of carbonyl (C=O) groups is 1. The van der Waals surface area contributed by atoms with Gasteiger partial charge in [-0.1, -0.05) is 19.1 Å². The van der Waals surface area contributed by atoms with E-state index in [1.807, 2.05) is 24.3 Å². The van der Waals surface area contributed by atoms with Gasteiger partial charge in [0.2, 0.25) is 5.91 Å². The van der Waals surface area contributed by atoms with Crippen molar-refractivity contribution in [3.63, 3.8) is 0 Å². The second-order valence-corrected chi connectivity index (χ2v) is 5.70. The van der Waals surface area contributed by atoms with Gasteiger partial charge in [-0.15, -0.1) is 0 Å². The highest BCUT2D eigenvalue weighted by Crippen LogP contribution is 2.27. The van der Waals surface area contributed by atoms with Gasteiger partial charge in [0.05, 0.1) is 6.54 Å². The summed E-state index contributed by atoms with van der Waals surface area (Å²) in [7, 11) is 0. The minimum absolute atomic E-state index is 0.140. The highest BCUT2D eigenvalue weighted by Gasteiger charge is 2.22. The molecule has 0 bridgehead atoms. The molecule has 0 unspecified atom stereocenters. The first-order valence-corrected chi connectivity index (χ1v) is 7.51. The Morgan fingerprint density at radius 2 is 2.05 bits per heavy atom. The third kappa shape index (κ3) is 5.21. The summed E-state index contributed by atoms with van der Waals surface area (Å²) >= 11 is 0. The molecule has 0 saturated heterocycles. The molecule has 110 valence electrons. The van der Waals surface area contributed by atoms with Crippen LogP contribution >= 0.6 is 0 Å². The van der Waals surface area contributed by atoms with Crippen molar-refractivity contribution in [2.75, 3.05) is 25.4 Å². The molecule has 0 aromatic heterocycles. The maximum absolute atomic E-state index is 11.9. The van der Waals surface area contributed by atoms with Gasteiger partial charge in [-0.2, -0.15) is 0 Å². The highest BCUT2D eigenvalue weighted by atomic mass is 16.2. The zero-order valence-electron chi connectivity index (χ0n) is 12.3. The van der Waals surface area contributed by atoms with Crippen LogP contribution in [0.15, 0.2) is 24.3 Å². The molecule has 4 heteroatoms. The largest absolute Gasteiger partial charge is 0.399 e. The minimum Gasteiger partial charge on any atom is -0.399 e. The fourth-order valence-corrected chi connectivity index (χ4v) is 2.25. The lowest BCUT2D eigenvalue weighted by Crippen LogP contribution is -2.38. The molecule has 1 saturated carbocycles. The Morgan fingerprint density at radius 1 is 1.35 bits per heavy atom. The summed E-state index contributed by atoms with van der Waals surface area (Å²) in [5, 5.41) is 3.03. The lowest BCUT2D eigenvalue weighted by atomic mass is 10.2. The molecule has 2 rings (SSSR count). The average molecular weight is 275 g/mol. The number of nitrogen functional groups attached to an aromatic ring is 1. The summed E-state index contributed by atoms with van der Waals surface area (Å²) in [5.74, 6) is 0.872. The van der Waals surface area contributed by atoms with Crippen molar-refractivity contribution in [3.8, 4) is 0 Å². The number of hydrogen-bond donors (Lipinski definition) is 2. The zero-order valence-corrected chi connectivity index (χ0v) is 12.3. The average Bonchev–Trinajstić information content (AvgIpc) is 3.23. The first-order valence-electron chi connectivity index (χ1n) is 7.51. The van der Waals surface area contributed by atoms with E-state index >= 15 is 0 Å². The SMILES string of the molecule is CCCN(CC(=O)NCC1CC1)Cc1ccc(N)cc1. The van der Waals surface area contributed by atoms with E-state index in [9.17, 15) is 4.79 Å². The van der Waals surface area contributed by atoms with Crippen LogP contribution < -0.4 is 11.1 Å². The van der Waals surface area contributed by atoms with Crippen LogP contribution in [0.2, 0.25) is 0 Å². The predicted molar refractivity (Wildman–Crippen MR) is 82.2 cm³/mol. The van der Waals surface area contributed by atoms with E-state index in [-0.39, 0.29) is 5.91 Å². The van der Waals surface area contributed by atoms with Crippen molar-refractivity contribution in [1.82, 2.24) is 10.2 Å². The van der Waals surface area contributed by atoms with Crippen molar-refractivity contribution in [2.45, 2.75) is 32.7 Å². The van der Waals surface area contributed by atoms with Gasteiger partial charge in [0, 0.05) is 18.8 Å². The third-order valence-electron chi connectivity index (χ3n) is 3.58. The molecule has 1 aliphatic carbocycles. The van der Waals surface area contributed by atoms with Gasteiger partial charge in [-0.05, 0) is 49.4 Å². The topological polar surface area (TPSA) is 58.4 Å². The van der Waals surface area contributed by atoms with Gasteiger partial charge in [0.25, 0.3) is 0 Å². The summed E-state index contributed by atoms with van der Waals surface area (Å²) in [6.45, 7) is 5.19. The number of hydrogen-bond acceptors (Lipinski definition) is 3. The fraction of sp³-hybridized carbons (Fsp3) is 0.562. The van der Waals surface area contributed by atoms with Crippen LogP contribution in [0.4, 0.5) is 5.69 Å². The summed E-state index contributed by atoms with van der Waals surface area (Å²) in [4.78, 5) is 14.1. The second-order valence-electron chi connectivity index (χ2n) is 5.70. The van der Waals surface area contributed by atoms with Crippen LogP contribution in [0.25, 0.3) is 0 Å². The quantitative estimate of drug-likeness (QED) is 0.714. The number of rotatable bonds is 8. The van der Waals surface area contributed by atoms with E-state index in [0.29, 0.717) is 6.54 Å². The molecule has 20 heavy (non-hydrogen) atoms. The highest BCUT2D eigenvalue weighted by molar-refractivity contribution is 5.78. The van der Waals surface area contributed by atoms with Gasteiger partial charge < -0.3 is 11.1 Å². The predicted octanol–water partition coefficient (Wildman–Crippen LogP) is 2.01. The van der Waals surface area contributed by atoms with Crippen molar-refractivity contribution < 1.29 is 4.79 Å². The third-order valence-corrected chi connectivity index (χ3v) is 3.58. The standard InChI is InChI=1S/C16H25N3O/c1-2-9-19(11-14-5-7-15(17)8-6-14)12-16(20)18-10-13-3-4-13/h5-8,13H,2-4,9-12,17H2,1H3,(H,18,20). The van der Waals surface area contributed by atoms with Gasteiger partial charge in [0.15, 0.2) is 0 Å². The van der Waals surface area contributed by atoms with E-state index in [2.05, 4.69) is 17.1 Å². The Labute approximate surface area is 121 Å². The Balaban J connectivity index is 1.81. The van der Waals surface area contributed by atoms with E-state index in [0.717, 1.165) is 37.7 Å². The Bertz CT molecular complexity index is 426. The number of nitrogens with two attached hydrogens (primary N) is 1. The van der Waals surface area contributed by atoms with Crippen molar-refractivity contribution in [1.29, 1.82) is 0 Å². The van der Waals surface area contributed by atoms with E-state index < -0.39 is 0 Å². The first-order chi connectivity index (χ1) is 9.67. The number of anilines is 1. The molecular weight excluding hydrogens is 250 g/mol. The molecule has 0 atom stereocenters. The molecule has 1 amide bonds. The number of nitrogens with zero attached hydrogens (tertiary/aromatic N) is 1. The lowest BCUT2D eigenvalue weighted by molar-refractivity contribution is -0.122. The lowest BCUT2D eigenvalue weighted by Gasteiger charge is -2.21. The molecule has 0 heterocycles. The first kappa shape index (κ1) is 14.9. The van der Waals surface area contributed by atoms with E-state index in [1.165, 1.54) is 18.4 Å². The maximum atomic E-state index is 11.9. The molecule has 3 N–H and O–H groups in total. The Hall–Kier alpha value is -1.55.